The summed E-state index contributed by atoms with van der Waals surface area (Å²) in [6, 6.07) is 87.0. The van der Waals surface area contributed by atoms with Crippen LogP contribution in [0.1, 0.15) is 0 Å². The number of rotatable bonds is 8. The largest absolute Gasteiger partial charge is 0.455 e. The summed E-state index contributed by atoms with van der Waals surface area (Å²) >= 11 is 0. The zero-order valence-corrected chi connectivity index (χ0v) is 34.4. The number of nitrogens with zero attached hydrogens (tertiary/aromatic N) is 2. The van der Waals surface area contributed by atoms with Gasteiger partial charge in [-0.15, -0.1) is 0 Å². The second kappa shape index (κ2) is 15.3. The molecule has 3 heteroatoms. The van der Waals surface area contributed by atoms with Gasteiger partial charge >= 0.3 is 0 Å². The van der Waals surface area contributed by atoms with Gasteiger partial charge in [-0.25, -0.2) is 0 Å². The number of para-hydroxylation sites is 6. The molecular formula is C60H40N2O. The van der Waals surface area contributed by atoms with Gasteiger partial charge in [0.2, 0.25) is 0 Å². The molecule has 0 spiro atoms. The van der Waals surface area contributed by atoms with Crippen LogP contribution in [0.3, 0.4) is 0 Å². The van der Waals surface area contributed by atoms with Gasteiger partial charge in [0.05, 0.1) is 22.4 Å². The normalized spacial score (nSPS) is 11.5. The molecule has 0 N–H and O–H groups in total. The average Bonchev–Trinajstić information content (AvgIpc) is 3.91. The lowest BCUT2D eigenvalue weighted by Crippen LogP contribution is -2.11. The summed E-state index contributed by atoms with van der Waals surface area (Å²) in [6.07, 6.45) is 0. The summed E-state index contributed by atoms with van der Waals surface area (Å²) in [7, 11) is 0. The molecule has 12 aromatic rings. The molecule has 10 aromatic carbocycles. The Morgan fingerprint density at radius 3 is 1.48 bits per heavy atom. The molecule has 0 atom stereocenters. The second-order valence-corrected chi connectivity index (χ2v) is 16.0. The van der Waals surface area contributed by atoms with Gasteiger partial charge < -0.3 is 13.9 Å². The van der Waals surface area contributed by atoms with E-state index in [0.717, 1.165) is 66.9 Å². The van der Waals surface area contributed by atoms with Gasteiger partial charge in [-0.3, -0.25) is 0 Å². The minimum Gasteiger partial charge on any atom is -0.455 e. The third-order valence-corrected chi connectivity index (χ3v) is 12.4. The molecule has 63 heavy (non-hydrogen) atoms. The van der Waals surface area contributed by atoms with Gasteiger partial charge in [0.15, 0.2) is 0 Å². The van der Waals surface area contributed by atoms with Crippen molar-refractivity contribution in [1.82, 2.24) is 4.57 Å². The summed E-state index contributed by atoms with van der Waals surface area (Å²) in [6.45, 7) is 0. The number of furan rings is 1. The highest BCUT2D eigenvalue weighted by molar-refractivity contribution is 6.11. The quantitative estimate of drug-likeness (QED) is 0.153. The fraction of sp³-hybridized carbons (Fsp3) is 0. The molecule has 296 valence electrons. The lowest BCUT2D eigenvalue weighted by atomic mass is 9.93. The summed E-state index contributed by atoms with van der Waals surface area (Å²) in [5.41, 5.74) is 17.8. The molecule has 0 saturated carbocycles. The third kappa shape index (κ3) is 6.21. The Kier molecular flexibility index (Phi) is 8.83. The topological polar surface area (TPSA) is 21.3 Å². The van der Waals surface area contributed by atoms with Gasteiger partial charge in [-0.2, -0.15) is 0 Å². The van der Waals surface area contributed by atoms with Crippen LogP contribution in [0.5, 0.6) is 0 Å². The van der Waals surface area contributed by atoms with Gasteiger partial charge in [0, 0.05) is 49.6 Å². The van der Waals surface area contributed by atoms with Crippen LogP contribution in [0, 0.1) is 0 Å². The van der Waals surface area contributed by atoms with Gasteiger partial charge in [-0.05, 0) is 82.4 Å². The van der Waals surface area contributed by atoms with E-state index in [4.69, 9.17) is 4.42 Å². The van der Waals surface area contributed by atoms with Crippen LogP contribution in [-0.4, -0.2) is 4.57 Å². The smallest absolute Gasteiger partial charge is 0.143 e. The lowest BCUT2D eigenvalue weighted by Gasteiger charge is -2.28. The Morgan fingerprint density at radius 1 is 0.302 bits per heavy atom. The van der Waals surface area contributed by atoms with E-state index in [0.29, 0.717) is 0 Å². The van der Waals surface area contributed by atoms with Crippen LogP contribution in [0.2, 0.25) is 0 Å². The number of aromatic nitrogens is 1. The van der Waals surface area contributed by atoms with E-state index in [-0.39, 0.29) is 0 Å². The highest BCUT2D eigenvalue weighted by Gasteiger charge is 2.20. The third-order valence-electron chi connectivity index (χ3n) is 12.4. The van der Waals surface area contributed by atoms with E-state index in [9.17, 15) is 0 Å². The SMILES string of the molecule is c1ccc(-c2ccccc2N(c2ccc(-c3ccccc3-c3ccccc3-n3c4ccccc4c4ccccc43)cc2)c2ccc(-c3cccc4c3oc3ccccc34)cc2)cc1. The highest BCUT2D eigenvalue weighted by Crippen LogP contribution is 2.44. The maximum absolute atomic E-state index is 6.45. The summed E-state index contributed by atoms with van der Waals surface area (Å²) in [4.78, 5) is 2.38. The fourth-order valence-electron chi connectivity index (χ4n) is 9.56. The molecule has 0 saturated heterocycles. The first kappa shape index (κ1) is 36.5. The molecule has 0 amide bonds. The first-order chi connectivity index (χ1) is 31.3. The van der Waals surface area contributed by atoms with Crippen molar-refractivity contribution < 1.29 is 4.42 Å². The van der Waals surface area contributed by atoms with E-state index >= 15 is 0 Å². The van der Waals surface area contributed by atoms with Crippen molar-refractivity contribution in [1.29, 1.82) is 0 Å². The first-order valence-corrected chi connectivity index (χ1v) is 21.5. The Morgan fingerprint density at radius 2 is 0.778 bits per heavy atom. The molecule has 12 rings (SSSR count). The Balaban J connectivity index is 0.969. The monoisotopic (exact) mass is 804 g/mol. The standard InChI is InChI=1S/C60H40N2O/c1-2-17-41(18-3-1)47-20-6-11-28-55(47)61(45-39-35-43(36-40-45)48-26-16-27-54-53-25-10-15-32-59(53)63-60(48)54)44-37-33-42(34-38-44)46-19-4-5-21-49(46)50-22-7-12-29-56(50)62-57-30-13-8-23-51(57)52-24-9-14-31-58(52)62/h1-40H. The summed E-state index contributed by atoms with van der Waals surface area (Å²) < 4.78 is 8.87. The lowest BCUT2D eigenvalue weighted by molar-refractivity contribution is 0.670. The fourth-order valence-corrected chi connectivity index (χ4v) is 9.56. The molecule has 2 aromatic heterocycles. The first-order valence-electron chi connectivity index (χ1n) is 21.5. The Bertz CT molecular complexity index is 3560. The number of anilines is 3. The number of fused-ring (bicyclic) bond motifs is 6. The molecular weight excluding hydrogens is 765 g/mol. The minimum atomic E-state index is 0.902. The number of benzene rings is 10. The van der Waals surface area contributed by atoms with Crippen molar-refractivity contribution in [3.63, 3.8) is 0 Å². The average molecular weight is 805 g/mol. The van der Waals surface area contributed by atoms with Gasteiger partial charge in [0.1, 0.15) is 11.2 Å². The molecule has 0 unspecified atom stereocenters. The summed E-state index contributed by atoms with van der Waals surface area (Å²) in [5.74, 6) is 0. The number of hydrogen-bond donors (Lipinski definition) is 0. The molecule has 2 heterocycles. The maximum Gasteiger partial charge on any atom is 0.143 e. The van der Waals surface area contributed by atoms with Crippen molar-refractivity contribution in [2.75, 3.05) is 4.90 Å². The summed E-state index contributed by atoms with van der Waals surface area (Å²) in [5, 5.41) is 4.77. The van der Waals surface area contributed by atoms with Crippen LogP contribution >= 0.6 is 0 Å². The van der Waals surface area contributed by atoms with Crippen LogP contribution in [0.4, 0.5) is 17.1 Å². The zero-order valence-electron chi connectivity index (χ0n) is 34.4. The van der Waals surface area contributed by atoms with E-state index in [1.54, 1.807) is 0 Å². The molecule has 0 radical (unpaired) electrons. The predicted octanol–water partition coefficient (Wildman–Crippen LogP) is 16.8. The van der Waals surface area contributed by atoms with Gasteiger partial charge in [-0.1, -0.05) is 188 Å². The molecule has 0 aliphatic carbocycles. The second-order valence-electron chi connectivity index (χ2n) is 16.0. The van der Waals surface area contributed by atoms with Crippen LogP contribution in [0.15, 0.2) is 247 Å². The van der Waals surface area contributed by atoms with E-state index in [1.165, 1.54) is 44.1 Å². The van der Waals surface area contributed by atoms with Crippen LogP contribution < -0.4 is 4.90 Å². The predicted molar refractivity (Wildman–Crippen MR) is 264 cm³/mol. The minimum absolute atomic E-state index is 0.902. The molecule has 3 nitrogen and oxygen atoms in total. The Labute approximate surface area is 366 Å². The van der Waals surface area contributed by atoms with E-state index in [2.05, 4.69) is 240 Å². The maximum atomic E-state index is 6.45. The number of hydrogen-bond acceptors (Lipinski definition) is 2. The molecule has 0 bridgehead atoms. The van der Waals surface area contributed by atoms with E-state index < -0.39 is 0 Å². The van der Waals surface area contributed by atoms with Crippen molar-refractivity contribution in [2.45, 2.75) is 0 Å². The molecule has 0 fully saturated rings. The zero-order chi connectivity index (χ0) is 41.7. The molecule has 0 aliphatic heterocycles. The van der Waals surface area contributed by atoms with Crippen molar-refractivity contribution in [3.05, 3.63) is 243 Å². The highest BCUT2D eigenvalue weighted by atomic mass is 16.3. The van der Waals surface area contributed by atoms with Crippen molar-refractivity contribution in [2.24, 2.45) is 0 Å². The van der Waals surface area contributed by atoms with Crippen LogP contribution in [0.25, 0.3) is 93.9 Å². The molecule has 0 aliphatic rings. The Hall–Kier alpha value is -8.40. The van der Waals surface area contributed by atoms with Crippen molar-refractivity contribution in [3.8, 4) is 50.2 Å². The van der Waals surface area contributed by atoms with Crippen LogP contribution in [-0.2, 0) is 0 Å². The van der Waals surface area contributed by atoms with E-state index in [1.807, 2.05) is 12.1 Å². The van der Waals surface area contributed by atoms with Gasteiger partial charge in [0.25, 0.3) is 0 Å². The van der Waals surface area contributed by atoms with Crippen molar-refractivity contribution >= 4 is 60.8 Å².